The van der Waals surface area contributed by atoms with E-state index in [1.54, 1.807) is 12.1 Å². The number of hydrazone groups is 1. The first-order valence-electron chi connectivity index (χ1n) is 8.03. The molecule has 1 fully saturated rings. The average molecular weight is 303 g/mol. The number of carbonyl (C=O) groups is 1. The van der Waals surface area contributed by atoms with Crippen LogP contribution in [0.15, 0.2) is 15.8 Å². The molecule has 1 aromatic heterocycles. The lowest BCUT2D eigenvalue weighted by molar-refractivity contribution is -0.135. The molecule has 4 rings (SSSR count). The van der Waals surface area contributed by atoms with Gasteiger partial charge in [-0.15, -0.1) is 0 Å². The molecule has 1 aromatic rings. The first-order chi connectivity index (χ1) is 10.2. The molecular formula is C17H25N3O2. The number of aromatic nitrogens is 1. The summed E-state index contributed by atoms with van der Waals surface area (Å²) >= 11 is 0. The van der Waals surface area contributed by atoms with Crippen molar-refractivity contribution in [1.82, 2.24) is 10.2 Å². The smallest absolute Gasteiger partial charge is 0.254 e. The lowest BCUT2D eigenvalue weighted by Crippen LogP contribution is -2.58. The van der Waals surface area contributed by atoms with Crippen molar-refractivity contribution in [2.75, 3.05) is 7.05 Å². The van der Waals surface area contributed by atoms with Gasteiger partial charge >= 0.3 is 0 Å². The molecule has 1 amide bonds. The highest BCUT2D eigenvalue weighted by Crippen LogP contribution is 2.60. The Morgan fingerprint density at radius 1 is 1.36 bits per heavy atom. The van der Waals surface area contributed by atoms with Crippen molar-refractivity contribution in [2.45, 2.75) is 52.4 Å². The van der Waals surface area contributed by atoms with E-state index in [-0.39, 0.29) is 18.2 Å². The molecule has 0 spiro atoms. The lowest BCUT2D eigenvalue weighted by Gasteiger charge is -2.54. The third-order valence-corrected chi connectivity index (χ3v) is 6.44. The topological polar surface area (TPSA) is 58.7 Å². The summed E-state index contributed by atoms with van der Waals surface area (Å²) in [7, 11) is 1.77. The van der Waals surface area contributed by atoms with Gasteiger partial charge in [0, 0.05) is 24.9 Å². The molecule has 5 heteroatoms. The third kappa shape index (κ3) is 1.38. The van der Waals surface area contributed by atoms with E-state index in [0.717, 1.165) is 36.3 Å². The molecule has 0 aromatic carbocycles. The van der Waals surface area contributed by atoms with Gasteiger partial charge in [0.15, 0.2) is 0 Å². The number of rotatable bonds is 0. The van der Waals surface area contributed by atoms with E-state index in [1.165, 1.54) is 0 Å². The second-order valence-electron chi connectivity index (χ2n) is 8.20. The number of nitrogens with zero attached hydrogens (tertiary/aromatic N) is 3. The molecule has 22 heavy (non-hydrogen) atoms. The Hall–Kier alpha value is -1.65. The largest absolute Gasteiger partial charge is 0.361 e. The van der Waals surface area contributed by atoms with E-state index in [4.69, 9.17) is 9.62 Å². The van der Waals surface area contributed by atoms with Gasteiger partial charge in [0.05, 0.1) is 17.3 Å². The van der Waals surface area contributed by atoms with Crippen LogP contribution in [0.2, 0.25) is 0 Å². The van der Waals surface area contributed by atoms with E-state index in [1.807, 2.05) is 6.20 Å². The minimum absolute atomic E-state index is 0. The Kier molecular flexibility index (Phi) is 2.42. The number of amides is 1. The Bertz CT molecular complexity index is 710. The fourth-order valence-electron chi connectivity index (χ4n) is 5.49. The number of hydrogen-bond acceptors (Lipinski definition) is 4. The van der Waals surface area contributed by atoms with Crippen LogP contribution in [0.25, 0.3) is 0 Å². The maximum atomic E-state index is 12.6. The molecule has 0 radical (unpaired) electrons. The minimum atomic E-state index is -0.440. The Balaban J connectivity index is 0.00000156. The summed E-state index contributed by atoms with van der Waals surface area (Å²) < 4.78 is 5.58. The molecular weight excluding hydrogens is 278 g/mol. The van der Waals surface area contributed by atoms with Gasteiger partial charge in [-0.1, -0.05) is 25.9 Å². The van der Waals surface area contributed by atoms with Crippen molar-refractivity contribution in [3.8, 4) is 0 Å². The van der Waals surface area contributed by atoms with Crippen LogP contribution in [-0.2, 0) is 16.6 Å². The summed E-state index contributed by atoms with van der Waals surface area (Å²) in [5.41, 5.74) is 1.58. The summed E-state index contributed by atoms with van der Waals surface area (Å²) in [5, 5.41) is 10.3. The molecule has 1 saturated carbocycles. The van der Waals surface area contributed by atoms with Gasteiger partial charge in [-0.05, 0) is 32.1 Å². The van der Waals surface area contributed by atoms with Crippen LogP contribution >= 0.6 is 0 Å². The highest BCUT2D eigenvalue weighted by molar-refractivity contribution is 6.14. The molecule has 2 unspecified atom stereocenters. The van der Waals surface area contributed by atoms with E-state index in [2.05, 4.69) is 32.9 Å². The van der Waals surface area contributed by atoms with Gasteiger partial charge in [-0.3, -0.25) is 4.79 Å². The Morgan fingerprint density at radius 2 is 2.09 bits per heavy atom. The molecule has 0 bridgehead atoms. The van der Waals surface area contributed by atoms with Crippen LogP contribution in [0.4, 0.5) is 0 Å². The zero-order valence-electron chi connectivity index (χ0n) is 13.9. The first-order valence-corrected chi connectivity index (χ1v) is 8.03. The maximum absolute atomic E-state index is 12.6. The SMILES string of the molecule is CN1N=C2C(C)(CCC3C(C)(C)c4oncc4C[C@]23C)C1=O.[HH]. The van der Waals surface area contributed by atoms with Gasteiger partial charge in [-0.25, -0.2) is 5.01 Å². The van der Waals surface area contributed by atoms with Crippen LogP contribution in [-0.4, -0.2) is 28.8 Å². The summed E-state index contributed by atoms with van der Waals surface area (Å²) in [6.07, 6.45) is 4.57. The molecule has 1 aliphatic heterocycles. The van der Waals surface area contributed by atoms with Gasteiger partial charge in [-0.2, -0.15) is 5.10 Å². The summed E-state index contributed by atoms with van der Waals surface area (Å²) in [6, 6.07) is 0. The molecule has 3 atom stereocenters. The predicted octanol–water partition coefficient (Wildman–Crippen LogP) is 3.00. The van der Waals surface area contributed by atoms with Crippen molar-refractivity contribution >= 4 is 11.6 Å². The zero-order valence-corrected chi connectivity index (χ0v) is 13.9. The van der Waals surface area contributed by atoms with Gasteiger partial charge < -0.3 is 4.52 Å². The van der Waals surface area contributed by atoms with Crippen LogP contribution in [0.5, 0.6) is 0 Å². The van der Waals surface area contributed by atoms with Crippen molar-refractivity contribution in [2.24, 2.45) is 21.8 Å². The van der Waals surface area contributed by atoms with E-state index in [0.29, 0.717) is 5.92 Å². The Labute approximate surface area is 132 Å². The second-order valence-corrected chi connectivity index (χ2v) is 8.20. The van der Waals surface area contributed by atoms with Gasteiger partial charge in [0.1, 0.15) is 5.76 Å². The number of hydrogen-bond donors (Lipinski definition) is 0. The minimum Gasteiger partial charge on any atom is -0.361 e. The van der Waals surface area contributed by atoms with Crippen molar-refractivity contribution in [1.29, 1.82) is 0 Å². The fourth-order valence-corrected chi connectivity index (χ4v) is 5.49. The first kappa shape index (κ1) is 14.0. The molecule has 0 N–H and O–H groups in total. The summed E-state index contributed by atoms with van der Waals surface area (Å²) in [5.74, 6) is 1.56. The molecule has 3 aliphatic rings. The summed E-state index contributed by atoms with van der Waals surface area (Å²) in [4.78, 5) is 12.6. The summed E-state index contributed by atoms with van der Waals surface area (Å²) in [6.45, 7) is 8.82. The predicted molar refractivity (Wildman–Crippen MR) is 84.5 cm³/mol. The molecule has 2 heterocycles. The van der Waals surface area contributed by atoms with Crippen LogP contribution < -0.4 is 0 Å². The molecule has 120 valence electrons. The molecule has 5 nitrogen and oxygen atoms in total. The van der Waals surface area contributed by atoms with Crippen LogP contribution in [0.1, 0.15) is 53.3 Å². The van der Waals surface area contributed by atoms with Crippen LogP contribution in [0, 0.1) is 16.7 Å². The zero-order chi connectivity index (χ0) is 15.9. The maximum Gasteiger partial charge on any atom is 0.254 e. The lowest BCUT2D eigenvalue weighted by atomic mass is 9.47. The van der Waals surface area contributed by atoms with E-state index < -0.39 is 5.41 Å². The van der Waals surface area contributed by atoms with Gasteiger partial charge in [0.2, 0.25) is 0 Å². The van der Waals surface area contributed by atoms with Crippen molar-refractivity contribution in [3.63, 3.8) is 0 Å². The quantitative estimate of drug-likeness (QED) is 0.740. The molecule has 2 aliphatic carbocycles. The fraction of sp³-hybridized carbons (Fsp3) is 0.706. The van der Waals surface area contributed by atoms with Gasteiger partial charge in [0.25, 0.3) is 5.91 Å². The standard InChI is InChI=1S/C17H23N3O2.H2/c1-15(2)11-6-7-16(3)13(19-20(5)14(16)21)17(11,4)8-10-9-18-22-12(10)15;/h9,11H,6-8H2,1-5H3;1H/t11?,16?,17-;/m0./s1. The highest BCUT2D eigenvalue weighted by atomic mass is 16.5. The second kappa shape index (κ2) is 3.81. The van der Waals surface area contributed by atoms with E-state index >= 15 is 0 Å². The number of fused-ring (bicyclic) bond motifs is 4. The monoisotopic (exact) mass is 303 g/mol. The van der Waals surface area contributed by atoms with Crippen molar-refractivity contribution in [3.05, 3.63) is 17.5 Å². The highest BCUT2D eigenvalue weighted by Gasteiger charge is 2.63. The third-order valence-electron chi connectivity index (χ3n) is 6.44. The van der Waals surface area contributed by atoms with Crippen molar-refractivity contribution < 1.29 is 10.7 Å². The van der Waals surface area contributed by atoms with E-state index in [9.17, 15) is 4.79 Å². The molecule has 0 saturated heterocycles. The number of carbonyl (C=O) groups excluding carboxylic acids is 1. The normalized spacial score (nSPS) is 39.1. The average Bonchev–Trinajstić information content (AvgIpc) is 2.98. The Morgan fingerprint density at radius 3 is 2.82 bits per heavy atom. The van der Waals surface area contributed by atoms with Crippen LogP contribution in [0.3, 0.4) is 0 Å².